The minimum absolute atomic E-state index is 0.202. The molecule has 3 rings (SSSR count). The standard InChI is InChI=1S/C21H23ClN4O4S/c1-15-23-10-11-25(15)18-7-4-16(5-8-18)13-24-21(27)14-26(31(3,28)29)19-12-17(22)6-9-20(19)30-2/h4-12H,13-14H2,1-3H3,(H,24,27). The second-order valence-corrected chi connectivity index (χ2v) is 9.22. The lowest BCUT2D eigenvalue weighted by molar-refractivity contribution is -0.119. The minimum atomic E-state index is -3.75. The molecule has 3 aromatic rings. The van der Waals surface area contributed by atoms with E-state index in [2.05, 4.69) is 10.3 Å². The summed E-state index contributed by atoms with van der Waals surface area (Å²) in [5.41, 5.74) is 2.04. The van der Waals surface area contributed by atoms with E-state index >= 15 is 0 Å². The molecule has 31 heavy (non-hydrogen) atoms. The number of aryl methyl sites for hydroxylation is 1. The van der Waals surface area contributed by atoms with E-state index in [4.69, 9.17) is 16.3 Å². The molecule has 0 unspecified atom stereocenters. The first-order valence-electron chi connectivity index (χ1n) is 9.36. The lowest BCUT2D eigenvalue weighted by Gasteiger charge is -2.24. The highest BCUT2D eigenvalue weighted by Gasteiger charge is 2.24. The predicted molar refractivity (Wildman–Crippen MR) is 120 cm³/mol. The third kappa shape index (κ3) is 5.56. The minimum Gasteiger partial charge on any atom is -0.495 e. The van der Waals surface area contributed by atoms with Crippen LogP contribution in [0, 0.1) is 6.92 Å². The van der Waals surface area contributed by atoms with Crippen LogP contribution in [0.3, 0.4) is 0 Å². The van der Waals surface area contributed by atoms with Crippen molar-refractivity contribution in [2.24, 2.45) is 0 Å². The summed E-state index contributed by atoms with van der Waals surface area (Å²) in [7, 11) is -2.34. The molecule has 1 N–H and O–H groups in total. The number of carbonyl (C=O) groups excluding carboxylic acids is 1. The van der Waals surface area contributed by atoms with Gasteiger partial charge in [0.25, 0.3) is 0 Å². The van der Waals surface area contributed by atoms with Gasteiger partial charge in [-0.2, -0.15) is 0 Å². The smallest absolute Gasteiger partial charge is 0.241 e. The van der Waals surface area contributed by atoms with Gasteiger partial charge in [-0.25, -0.2) is 13.4 Å². The van der Waals surface area contributed by atoms with E-state index in [1.807, 2.05) is 42.0 Å². The average Bonchev–Trinajstić information content (AvgIpc) is 3.16. The number of rotatable bonds is 8. The number of nitrogens with one attached hydrogen (secondary N) is 1. The Morgan fingerprint density at radius 3 is 2.52 bits per heavy atom. The summed E-state index contributed by atoms with van der Waals surface area (Å²) in [6, 6.07) is 12.2. The Kier molecular flexibility index (Phi) is 6.87. The second kappa shape index (κ2) is 9.40. The van der Waals surface area contributed by atoms with Crippen LogP contribution in [-0.4, -0.2) is 43.8 Å². The highest BCUT2D eigenvalue weighted by molar-refractivity contribution is 7.92. The maximum Gasteiger partial charge on any atom is 0.241 e. The summed E-state index contributed by atoms with van der Waals surface area (Å²) < 4.78 is 32.8. The summed E-state index contributed by atoms with van der Waals surface area (Å²) >= 11 is 6.02. The zero-order valence-corrected chi connectivity index (χ0v) is 18.9. The van der Waals surface area contributed by atoms with Crippen molar-refractivity contribution in [2.45, 2.75) is 13.5 Å². The van der Waals surface area contributed by atoms with Crippen molar-refractivity contribution in [2.75, 3.05) is 24.2 Å². The van der Waals surface area contributed by atoms with Crippen LogP contribution in [0.1, 0.15) is 11.4 Å². The number of methoxy groups -OCH3 is 1. The van der Waals surface area contributed by atoms with E-state index < -0.39 is 22.5 Å². The first-order valence-corrected chi connectivity index (χ1v) is 11.6. The second-order valence-electron chi connectivity index (χ2n) is 6.87. The molecule has 164 valence electrons. The van der Waals surface area contributed by atoms with Crippen LogP contribution in [0.5, 0.6) is 5.75 Å². The highest BCUT2D eigenvalue weighted by atomic mass is 35.5. The summed E-state index contributed by atoms with van der Waals surface area (Å²) in [6.07, 6.45) is 4.62. The SMILES string of the molecule is COc1ccc(Cl)cc1N(CC(=O)NCc1ccc(-n2ccnc2C)cc1)S(C)(=O)=O. The molecule has 0 aliphatic heterocycles. The number of anilines is 1. The van der Waals surface area contributed by atoms with Crippen molar-refractivity contribution >= 4 is 33.2 Å². The van der Waals surface area contributed by atoms with Gasteiger partial charge in [0.15, 0.2) is 0 Å². The Labute approximate surface area is 186 Å². The molecule has 10 heteroatoms. The number of imidazole rings is 1. The van der Waals surface area contributed by atoms with Crippen LogP contribution in [0.25, 0.3) is 5.69 Å². The Hall–Kier alpha value is -3.04. The van der Waals surface area contributed by atoms with Gasteiger partial charge in [0.05, 0.1) is 19.1 Å². The Morgan fingerprint density at radius 2 is 1.94 bits per heavy atom. The van der Waals surface area contributed by atoms with Crippen molar-refractivity contribution in [1.29, 1.82) is 0 Å². The number of hydrogen-bond acceptors (Lipinski definition) is 5. The molecule has 0 bridgehead atoms. The first kappa shape index (κ1) is 22.6. The number of aromatic nitrogens is 2. The third-order valence-electron chi connectivity index (χ3n) is 4.63. The number of amides is 1. The fourth-order valence-corrected chi connectivity index (χ4v) is 4.07. The van der Waals surface area contributed by atoms with Gasteiger partial charge in [-0.1, -0.05) is 23.7 Å². The van der Waals surface area contributed by atoms with Crippen molar-refractivity contribution in [3.05, 3.63) is 71.3 Å². The van der Waals surface area contributed by atoms with Crippen LogP contribution in [0.15, 0.2) is 54.9 Å². The van der Waals surface area contributed by atoms with Gasteiger partial charge in [0.2, 0.25) is 15.9 Å². The van der Waals surface area contributed by atoms with Crippen molar-refractivity contribution < 1.29 is 17.9 Å². The number of halogens is 1. The Balaban J connectivity index is 1.70. The van der Waals surface area contributed by atoms with Gasteiger partial charge in [0.1, 0.15) is 18.1 Å². The number of hydrogen-bond donors (Lipinski definition) is 1. The molecule has 1 amide bonds. The van der Waals surface area contributed by atoms with Crippen molar-refractivity contribution in [1.82, 2.24) is 14.9 Å². The normalized spacial score (nSPS) is 11.2. The summed E-state index contributed by atoms with van der Waals surface area (Å²) in [4.78, 5) is 16.7. The van der Waals surface area contributed by atoms with Crippen molar-refractivity contribution in [3.8, 4) is 11.4 Å². The van der Waals surface area contributed by atoms with E-state index in [1.165, 1.54) is 13.2 Å². The van der Waals surface area contributed by atoms with E-state index in [0.29, 0.717) is 10.8 Å². The fourth-order valence-electron chi connectivity index (χ4n) is 3.05. The van der Waals surface area contributed by atoms with E-state index in [9.17, 15) is 13.2 Å². The van der Waals surface area contributed by atoms with Gasteiger partial charge >= 0.3 is 0 Å². The maximum absolute atomic E-state index is 12.5. The molecule has 0 aliphatic rings. The van der Waals surface area contributed by atoms with Crippen LogP contribution in [0.2, 0.25) is 5.02 Å². The monoisotopic (exact) mass is 462 g/mol. The van der Waals surface area contributed by atoms with Gasteiger partial charge < -0.3 is 14.6 Å². The summed E-state index contributed by atoms with van der Waals surface area (Å²) in [6.45, 7) is 1.77. The molecule has 0 aliphatic carbocycles. The molecule has 0 spiro atoms. The van der Waals surface area contributed by atoms with Crippen LogP contribution in [-0.2, 0) is 21.4 Å². The molecule has 0 saturated carbocycles. The Bertz CT molecular complexity index is 1180. The molecule has 0 saturated heterocycles. The van der Waals surface area contributed by atoms with Crippen molar-refractivity contribution in [3.63, 3.8) is 0 Å². The molecule has 0 radical (unpaired) electrons. The topological polar surface area (TPSA) is 93.5 Å². The first-order chi connectivity index (χ1) is 14.7. The van der Waals surface area contributed by atoms with E-state index in [0.717, 1.165) is 27.6 Å². The molecule has 2 aromatic carbocycles. The van der Waals surface area contributed by atoms with Gasteiger partial charge in [-0.05, 0) is 42.8 Å². The lowest BCUT2D eigenvalue weighted by atomic mass is 10.2. The molecule has 1 heterocycles. The molecular weight excluding hydrogens is 440 g/mol. The van der Waals surface area contributed by atoms with Crippen LogP contribution < -0.4 is 14.4 Å². The molecule has 1 aromatic heterocycles. The third-order valence-corrected chi connectivity index (χ3v) is 5.99. The summed E-state index contributed by atoms with van der Waals surface area (Å²) in [5, 5.41) is 3.08. The predicted octanol–water partition coefficient (Wildman–Crippen LogP) is 2.93. The molecule has 0 atom stereocenters. The summed E-state index contributed by atoms with van der Waals surface area (Å²) in [5.74, 6) is 0.716. The van der Waals surface area contributed by atoms with Gasteiger partial charge in [-0.3, -0.25) is 9.10 Å². The Morgan fingerprint density at radius 1 is 1.23 bits per heavy atom. The van der Waals surface area contributed by atoms with Gasteiger partial charge in [-0.15, -0.1) is 0 Å². The lowest BCUT2D eigenvalue weighted by Crippen LogP contribution is -2.40. The largest absolute Gasteiger partial charge is 0.495 e. The number of benzene rings is 2. The maximum atomic E-state index is 12.5. The van der Waals surface area contributed by atoms with Gasteiger partial charge in [0, 0.05) is 29.6 Å². The van der Waals surface area contributed by atoms with Crippen LogP contribution >= 0.6 is 11.6 Å². The molecule has 0 fully saturated rings. The highest BCUT2D eigenvalue weighted by Crippen LogP contribution is 2.32. The number of ether oxygens (including phenoxy) is 1. The number of carbonyl (C=O) groups is 1. The molecule has 8 nitrogen and oxygen atoms in total. The zero-order chi connectivity index (χ0) is 22.6. The number of sulfonamides is 1. The van der Waals surface area contributed by atoms with Crippen LogP contribution in [0.4, 0.5) is 5.69 Å². The average molecular weight is 463 g/mol. The molecular formula is C21H23ClN4O4S. The van der Waals surface area contributed by atoms with E-state index in [-0.39, 0.29) is 12.2 Å². The fraction of sp³-hybridized carbons (Fsp3) is 0.238. The number of nitrogens with zero attached hydrogens (tertiary/aromatic N) is 3. The van der Waals surface area contributed by atoms with E-state index in [1.54, 1.807) is 18.3 Å². The quantitative estimate of drug-likeness (QED) is 0.555. The zero-order valence-electron chi connectivity index (χ0n) is 17.4.